The van der Waals surface area contributed by atoms with Crippen LogP contribution in [0.25, 0.3) is 5.76 Å². The van der Waals surface area contributed by atoms with Gasteiger partial charge in [0.1, 0.15) is 5.76 Å². The summed E-state index contributed by atoms with van der Waals surface area (Å²) < 4.78 is 10.6. The molecule has 1 aliphatic rings. The minimum absolute atomic E-state index is 0.0347. The standard InChI is InChI=1S/C22H22ClNO6/c1-29-16-9-6-14(12-17(16)30-2)19-18(20(26)13-4-7-15(23)8-5-13)21(27)22(28)24(19)10-3-11-25/h4-9,12,19,25-26H,3,10-11H2,1-2H3/t19-/m0/s1. The van der Waals surface area contributed by atoms with Crippen LogP contribution in [0.2, 0.25) is 5.02 Å². The van der Waals surface area contributed by atoms with Crippen LogP contribution in [0.5, 0.6) is 11.5 Å². The fourth-order valence-corrected chi connectivity index (χ4v) is 3.61. The molecule has 8 heteroatoms. The molecule has 1 amide bonds. The van der Waals surface area contributed by atoms with Gasteiger partial charge in [-0.05, 0) is 48.4 Å². The third-order valence-electron chi connectivity index (χ3n) is 4.94. The number of aliphatic hydroxyl groups is 2. The van der Waals surface area contributed by atoms with E-state index in [2.05, 4.69) is 0 Å². The van der Waals surface area contributed by atoms with Gasteiger partial charge in [0.15, 0.2) is 11.5 Å². The number of likely N-dealkylation sites (tertiary alicyclic amines) is 1. The maximum Gasteiger partial charge on any atom is 0.295 e. The fraction of sp³-hybridized carbons (Fsp3) is 0.273. The number of carbonyl (C=O) groups excluding carboxylic acids is 2. The second-order valence-corrected chi connectivity index (χ2v) is 7.13. The van der Waals surface area contributed by atoms with Gasteiger partial charge in [0.2, 0.25) is 0 Å². The Bertz CT molecular complexity index is 986. The Hall–Kier alpha value is -3.03. The van der Waals surface area contributed by atoms with Crippen LogP contribution in [0.3, 0.4) is 0 Å². The Morgan fingerprint density at radius 3 is 2.33 bits per heavy atom. The van der Waals surface area contributed by atoms with Gasteiger partial charge < -0.3 is 24.6 Å². The molecule has 7 nitrogen and oxygen atoms in total. The molecule has 0 radical (unpaired) electrons. The van der Waals surface area contributed by atoms with Gasteiger partial charge in [0.05, 0.1) is 25.8 Å². The van der Waals surface area contributed by atoms with E-state index in [9.17, 15) is 19.8 Å². The van der Waals surface area contributed by atoms with E-state index in [1.807, 2.05) is 0 Å². The molecule has 158 valence electrons. The summed E-state index contributed by atoms with van der Waals surface area (Å²) >= 11 is 5.92. The molecule has 0 aromatic heterocycles. The lowest BCUT2D eigenvalue weighted by Crippen LogP contribution is -2.31. The first-order valence-corrected chi connectivity index (χ1v) is 9.67. The first-order chi connectivity index (χ1) is 14.4. The number of Topliss-reactive ketones (excluding diaryl/α,β-unsaturated/α-hetero) is 1. The third kappa shape index (κ3) is 3.99. The summed E-state index contributed by atoms with van der Waals surface area (Å²) in [5.41, 5.74) is 0.901. The fourth-order valence-electron chi connectivity index (χ4n) is 3.48. The molecule has 0 spiro atoms. The van der Waals surface area contributed by atoms with E-state index < -0.39 is 17.7 Å². The second-order valence-electron chi connectivity index (χ2n) is 6.69. The normalized spacial score (nSPS) is 18.0. The molecule has 2 aromatic carbocycles. The van der Waals surface area contributed by atoms with Crippen molar-refractivity contribution in [1.29, 1.82) is 0 Å². The monoisotopic (exact) mass is 431 g/mol. The lowest BCUT2D eigenvalue weighted by molar-refractivity contribution is -0.140. The van der Waals surface area contributed by atoms with Crippen molar-refractivity contribution in [2.24, 2.45) is 0 Å². The number of carbonyl (C=O) groups is 2. The quantitative estimate of drug-likeness (QED) is 0.397. The maximum absolute atomic E-state index is 12.9. The number of hydrogen-bond donors (Lipinski definition) is 2. The van der Waals surface area contributed by atoms with Crippen molar-refractivity contribution in [3.05, 3.63) is 64.2 Å². The van der Waals surface area contributed by atoms with Gasteiger partial charge in [-0.15, -0.1) is 0 Å². The van der Waals surface area contributed by atoms with Crippen molar-refractivity contribution in [2.75, 3.05) is 27.4 Å². The van der Waals surface area contributed by atoms with Gasteiger partial charge in [-0.3, -0.25) is 9.59 Å². The van der Waals surface area contributed by atoms with Crippen LogP contribution in [-0.4, -0.2) is 54.2 Å². The smallest absolute Gasteiger partial charge is 0.295 e. The molecule has 3 rings (SSSR count). The highest BCUT2D eigenvalue weighted by Gasteiger charge is 2.46. The van der Waals surface area contributed by atoms with Gasteiger partial charge in [-0.2, -0.15) is 0 Å². The van der Waals surface area contributed by atoms with Gasteiger partial charge >= 0.3 is 0 Å². The number of hydrogen-bond acceptors (Lipinski definition) is 6. The lowest BCUT2D eigenvalue weighted by Gasteiger charge is -2.25. The Labute approximate surface area is 179 Å². The third-order valence-corrected chi connectivity index (χ3v) is 5.19. The number of benzene rings is 2. The van der Waals surface area contributed by atoms with Crippen LogP contribution in [0.4, 0.5) is 0 Å². The SMILES string of the molecule is COc1ccc([C@H]2C(=C(O)c3ccc(Cl)cc3)C(=O)C(=O)N2CCCO)cc1OC. The molecule has 2 N–H and O–H groups in total. The van der Waals surface area contributed by atoms with Crippen molar-refractivity contribution in [2.45, 2.75) is 12.5 Å². The zero-order valence-corrected chi connectivity index (χ0v) is 17.3. The van der Waals surface area contributed by atoms with Crippen molar-refractivity contribution in [1.82, 2.24) is 4.90 Å². The molecule has 1 saturated heterocycles. The van der Waals surface area contributed by atoms with Crippen LogP contribution in [0.15, 0.2) is 48.0 Å². The largest absolute Gasteiger partial charge is 0.507 e. The molecule has 1 aliphatic heterocycles. The Kier molecular flexibility index (Phi) is 6.64. The number of rotatable bonds is 7. The predicted octanol–water partition coefficient (Wildman–Crippen LogP) is 3.16. The maximum atomic E-state index is 12.9. The van der Waals surface area contributed by atoms with E-state index in [1.54, 1.807) is 42.5 Å². The molecule has 0 saturated carbocycles. The van der Waals surface area contributed by atoms with E-state index in [-0.39, 0.29) is 30.9 Å². The van der Waals surface area contributed by atoms with Gasteiger partial charge in [-0.25, -0.2) is 0 Å². The molecule has 0 aliphatic carbocycles. The van der Waals surface area contributed by atoms with Crippen LogP contribution in [0, 0.1) is 0 Å². The second kappa shape index (κ2) is 9.19. The molecular weight excluding hydrogens is 410 g/mol. The average Bonchev–Trinajstić information content (AvgIpc) is 3.01. The van der Waals surface area contributed by atoms with E-state index in [0.717, 1.165) is 0 Å². The number of aliphatic hydroxyl groups excluding tert-OH is 2. The van der Waals surface area contributed by atoms with Crippen LogP contribution >= 0.6 is 11.6 Å². The summed E-state index contributed by atoms with van der Waals surface area (Å²) in [7, 11) is 2.99. The zero-order chi connectivity index (χ0) is 21.8. The summed E-state index contributed by atoms with van der Waals surface area (Å²) in [5, 5.41) is 20.6. The predicted molar refractivity (Wildman–Crippen MR) is 112 cm³/mol. The van der Waals surface area contributed by atoms with E-state index in [0.29, 0.717) is 27.6 Å². The molecule has 0 unspecified atom stereocenters. The first kappa shape index (κ1) is 21.7. The highest BCUT2D eigenvalue weighted by atomic mass is 35.5. The number of amides is 1. The highest BCUT2D eigenvalue weighted by Crippen LogP contribution is 2.42. The first-order valence-electron chi connectivity index (χ1n) is 9.30. The Morgan fingerprint density at radius 2 is 1.73 bits per heavy atom. The molecule has 0 bridgehead atoms. The highest BCUT2D eigenvalue weighted by molar-refractivity contribution is 6.46. The van der Waals surface area contributed by atoms with Crippen molar-refractivity contribution >= 4 is 29.1 Å². The van der Waals surface area contributed by atoms with E-state index in [4.69, 9.17) is 21.1 Å². The van der Waals surface area contributed by atoms with Gasteiger partial charge in [0, 0.05) is 23.7 Å². The van der Waals surface area contributed by atoms with Crippen LogP contribution in [0.1, 0.15) is 23.6 Å². The summed E-state index contributed by atoms with van der Waals surface area (Å²) in [6.45, 7) is 0.0102. The molecular formula is C22H22ClNO6. The van der Waals surface area contributed by atoms with Crippen LogP contribution < -0.4 is 9.47 Å². The van der Waals surface area contributed by atoms with Crippen molar-refractivity contribution in [3.8, 4) is 11.5 Å². The Balaban J connectivity index is 2.18. The average molecular weight is 432 g/mol. The molecule has 1 heterocycles. The minimum atomic E-state index is -0.841. The summed E-state index contributed by atoms with van der Waals surface area (Å²) in [6, 6.07) is 10.5. The number of methoxy groups -OCH3 is 2. The van der Waals surface area contributed by atoms with Gasteiger partial charge in [0.25, 0.3) is 11.7 Å². The van der Waals surface area contributed by atoms with Crippen LogP contribution in [-0.2, 0) is 9.59 Å². The number of halogens is 1. The minimum Gasteiger partial charge on any atom is -0.507 e. The number of nitrogens with zero attached hydrogens (tertiary/aromatic N) is 1. The lowest BCUT2D eigenvalue weighted by atomic mass is 9.95. The summed E-state index contributed by atoms with van der Waals surface area (Å²) in [4.78, 5) is 27.0. The molecule has 1 fully saturated rings. The Morgan fingerprint density at radius 1 is 1.07 bits per heavy atom. The summed E-state index contributed by atoms with van der Waals surface area (Å²) in [6.07, 6.45) is 0.289. The zero-order valence-electron chi connectivity index (χ0n) is 16.6. The van der Waals surface area contributed by atoms with Crippen molar-refractivity contribution < 1.29 is 29.3 Å². The van der Waals surface area contributed by atoms with Crippen molar-refractivity contribution in [3.63, 3.8) is 0 Å². The number of ketones is 1. The topological polar surface area (TPSA) is 96.3 Å². The molecule has 30 heavy (non-hydrogen) atoms. The van der Waals surface area contributed by atoms with E-state index in [1.165, 1.54) is 19.1 Å². The molecule has 2 aromatic rings. The number of ether oxygens (including phenoxy) is 2. The van der Waals surface area contributed by atoms with Gasteiger partial charge in [-0.1, -0.05) is 17.7 Å². The summed E-state index contributed by atoms with van der Waals surface area (Å²) in [5.74, 6) is -0.907. The van der Waals surface area contributed by atoms with E-state index >= 15 is 0 Å². The molecule has 1 atom stereocenters.